The zero-order valence-corrected chi connectivity index (χ0v) is 9.62. The summed E-state index contributed by atoms with van der Waals surface area (Å²) in [6, 6.07) is 2.48. The minimum Gasteiger partial charge on any atom is -0.325 e. The minimum absolute atomic E-state index is 0.129. The Kier molecular flexibility index (Phi) is 3.32. The smallest absolute Gasteiger partial charge is 0.0642 e. The van der Waals surface area contributed by atoms with Crippen LogP contribution in [0.3, 0.4) is 0 Å². The first-order valence-electron chi connectivity index (χ1n) is 5.27. The normalized spacial score (nSPS) is 15.9. The Labute approximate surface area is 86.3 Å². The molecule has 0 aliphatic carbocycles. The van der Waals surface area contributed by atoms with Crippen LogP contribution in [0.1, 0.15) is 45.9 Å². The summed E-state index contributed by atoms with van der Waals surface area (Å²) in [5, 5.41) is 4.48. The van der Waals surface area contributed by atoms with Gasteiger partial charge in [0.25, 0.3) is 0 Å². The number of nitrogens with zero attached hydrogens (tertiary/aromatic N) is 2. The van der Waals surface area contributed by atoms with Crippen LogP contribution in [0.5, 0.6) is 0 Å². The van der Waals surface area contributed by atoms with Crippen LogP contribution >= 0.6 is 0 Å². The average molecular weight is 195 g/mol. The molecule has 0 aliphatic rings. The molecule has 14 heavy (non-hydrogen) atoms. The molecular formula is C11H21N3. The molecule has 1 atom stereocenters. The first kappa shape index (κ1) is 11.2. The molecule has 80 valence electrons. The molecule has 3 nitrogen and oxygen atoms in total. The summed E-state index contributed by atoms with van der Waals surface area (Å²) >= 11 is 0. The van der Waals surface area contributed by atoms with E-state index in [9.17, 15) is 0 Å². The van der Waals surface area contributed by atoms with Gasteiger partial charge in [0.05, 0.1) is 5.69 Å². The van der Waals surface area contributed by atoms with Gasteiger partial charge in [-0.3, -0.25) is 4.68 Å². The molecule has 0 saturated carbocycles. The van der Waals surface area contributed by atoms with E-state index in [0.29, 0.717) is 6.04 Å². The molecule has 1 unspecified atom stereocenters. The van der Waals surface area contributed by atoms with Crippen molar-refractivity contribution in [1.82, 2.24) is 9.78 Å². The molecule has 0 bridgehead atoms. The second kappa shape index (κ2) is 4.13. The van der Waals surface area contributed by atoms with Crippen molar-refractivity contribution in [1.29, 1.82) is 0 Å². The number of aromatic nitrogens is 2. The van der Waals surface area contributed by atoms with Gasteiger partial charge >= 0.3 is 0 Å². The van der Waals surface area contributed by atoms with E-state index in [4.69, 9.17) is 5.73 Å². The molecule has 1 heterocycles. The summed E-state index contributed by atoms with van der Waals surface area (Å²) in [4.78, 5) is 0. The lowest BCUT2D eigenvalue weighted by Gasteiger charge is -2.21. The summed E-state index contributed by atoms with van der Waals surface area (Å²) in [5.74, 6) is 0. The number of nitrogens with two attached hydrogens (primary N) is 1. The fourth-order valence-corrected chi connectivity index (χ4v) is 1.30. The number of hydrogen-bond donors (Lipinski definition) is 1. The summed E-state index contributed by atoms with van der Waals surface area (Å²) < 4.78 is 1.97. The molecule has 0 saturated heterocycles. The molecule has 1 rings (SSSR count). The number of rotatable bonds is 4. The van der Waals surface area contributed by atoms with Crippen LogP contribution in [-0.2, 0) is 6.42 Å². The lowest BCUT2D eigenvalue weighted by Crippen LogP contribution is -2.37. The van der Waals surface area contributed by atoms with Crippen molar-refractivity contribution in [3.63, 3.8) is 0 Å². The van der Waals surface area contributed by atoms with Gasteiger partial charge in [0.1, 0.15) is 0 Å². The number of hydrogen-bond acceptors (Lipinski definition) is 2. The van der Waals surface area contributed by atoms with Crippen LogP contribution in [0.2, 0.25) is 0 Å². The molecule has 0 amide bonds. The predicted octanol–water partition coefficient (Wildman–Crippen LogP) is 2.13. The van der Waals surface area contributed by atoms with E-state index >= 15 is 0 Å². The van der Waals surface area contributed by atoms with Crippen LogP contribution in [0.25, 0.3) is 0 Å². The SMILES string of the molecule is CCC(C)(N)Cc1ccn(C(C)C)n1. The van der Waals surface area contributed by atoms with E-state index < -0.39 is 0 Å². The summed E-state index contributed by atoms with van der Waals surface area (Å²) in [5.41, 5.74) is 7.04. The van der Waals surface area contributed by atoms with Crippen molar-refractivity contribution < 1.29 is 0 Å². The van der Waals surface area contributed by atoms with Gasteiger partial charge in [-0.25, -0.2) is 0 Å². The van der Waals surface area contributed by atoms with Crippen molar-refractivity contribution in [2.45, 2.75) is 52.1 Å². The molecule has 0 aromatic carbocycles. The van der Waals surface area contributed by atoms with Gasteiger partial charge in [0.15, 0.2) is 0 Å². The lowest BCUT2D eigenvalue weighted by atomic mass is 9.94. The Morgan fingerprint density at radius 3 is 2.64 bits per heavy atom. The summed E-state index contributed by atoms with van der Waals surface area (Å²) in [7, 11) is 0. The van der Waals surface area contributed by atoms with Gasteiger partial charge in [0.2, 0.25) is 0 Å². The molecule has 2 N–H and O–H groups in total. The maximum Gasteiger partial charge on any atom is 0.0642 e. The Morgan fingerprint density at radius 2 is 2.21 bits per heavy atom. The first-order valence-corrected chi connectivity index (χ1v) is 5.27. The van der Waals surface area contributed by atoms with Crippen LogP contribution in [0, 0.1) is 0 Å². The molecule has 1 aromatic heterocycles. The van der Waals surface area contributed by atoms with Crippen LogP contribution in [-0.4, -0.2) is 15.3 Å². The Hall–Kier alpha value is -0.830. The van der Waals surface area contributed by atoms with Crippen LogP contribution in [0.15, 0.2) is 12.3 Å². The standard InChI is InChI=1S/C11H21N3/c1-5-11(4,12)8-10-6-7-14(13-10)9(2)3/h6-7,9H,5,8,12H2,1-4H3. The molecule has 0 aliphatic heterocycles. The van der Waals surface area contributed by atoms with Crippen molar-refractivity contribution >= 4 is 0 Å². The van der Waals surface area contributed by atoms with Gasteiger partial charge in [-0.1, -0.05) is 6.92 Å². The van der Waals surface area contributed by atoms with Crippen molar-refractivity contribution in [2.75, 3.05) is 0 Å². The highest BCUT2D eigenvalue weighted by Crippen LogP contribution is 2.13. The third-order valence-corrected chi connectivity index (χ3v) is 2.59. The van der Waals surface area contributed by atoms with E-state index in [1.54, 1.807) is 0 Å². The molecule has 0 fully saturated rings. The zero-order chi connectivity index (χ0) is 10.8. The fourth-order valence-electron chi connectivity index (χ4n) is 1.30. The van der Waals surface area contributed by atoms with E-state index in [0.717, 1.165) is 18.5 Å². The summed E-state index contributed by atoms with van der Waals surface area (Å²) in [6.45, 7) is 8.43. The third-order valence-electron chi connectivity index (χ3n) is 2.59. The lowest BCUT2D eigenvalue weighted by molar-refractivity contribution is 0.437. The quantitative estimate of drug-likeness (QED) is 0.800. The van der Waals surface area contributed by atoms with E-state index in [2.05, 4.69) is 38.9 Å². The first-order chi connectivity index (χ1) is 6.44. The summed E-state index contributed by atoms with van der Waals surface area (Å²) in [6.07, 6.45) is 3.84. The maximum absolute atomic E-state index is 6.08. The van der Waals surface area contributed by atoms with Gasteiger partial charge in [-0.15, -0.1) is 0 Å². The van der Waals surface area contributed by atoms with Gasteiger partial charge in [0, 0.05) is 24.2 Å². The van der Waals surface area contributed by atoms with Crippen molar-refractivity contribution in [3.8, 4) is 0 Å². The topological polar surface area (TPSA) is 43.8 Å². The fraction of sp³-hybridized carbons (Fsp3) is 0.727. The van der Waals surface area contributed by atoms with E-state index in [1.165, 1.54) is 0 Å². The Balaban J connectivity index is 2.69. The van der Waals surface area contributed by atoms with Gasteiger partial charge in [-0.2, -0.15) is 5.10 Å². The van der Waals surface area contributed by atoms with Crippen molar-refractivity contribution in [3.05, 3.63) is 18.0 Å². The maximum atomic E-state index is 6.08. The van der Waals surface area contributed by atoms with Gasteiger partial charge < -0.3 is 5.73 Å². The highest BCUT2D eigenvalue weighted by atomic mass is 15.3. The molecular weight excluding hydrogens is 174 g/mol. The highest BCUT2D eigenvalue weighted by Gasteiger charge is 2.17. The molecule has 0 radical (unpaired) electrons. The average Bonchev–Trinajstić information content (AvgIpc) is 2.52. The highest BCUT2D eigenvalue weighted by molar-refractivity contribution is 5.04. The Morgan fingerprint density at radius 1 is 1.57 bits per heavy atom. The predicted molar refractivity (Wildman–Crippen MR) is 59.2 cm³/mol. The minimum atomic E-state index is -0.129. The molecule has 1 aromatic rings. The third kappa shape index (κ3) is 2.84. The Bertz CT molecular complexity index is 286. The van der Waals surface area contributed by atoms with E-state index in [-0.39, 0.29) is 5.54 Å². The molecule has 3 heteroatoms. The second-order valence-corrected chi connectivity index (χ2v) is 4.57. The zero-order valence-electron chi connectivity index (χ0n) is 9.62. The van der Waals surface area contributed by atoms with Crippen molar-refractivity contribution in [2.24, 2.45) is 5.73 Å². The monoisotopic (exact) mass is 195 g/mol. The van der Waals surface area contributed by atoms with Crippen LogP contribution < -0.4 is 5.73 Å². The molecule has 0 spiro atoms. The largest absolute Gasteiger partial charge is 0.325 e. The van der Waals surface area contributed by atoms with E-state index in [1.807, 2.05) is 10.9 Å². The van der Waals surface area contributed by atoms with Gasteiger partial charge in [-0.05, 0) is 33.3 Å². The van der Waals surface area contributed by atoms with Crippen LogP contribution in [0.4, 0.5) is 0 Å². The second-order valence-electron chi connectivity index (χ2n) is 4.57.